The first kappa shape index (κ1) is 9.88. The van der Waals surface area contributed by atoms with E-state index in [1.807, 2.05) is 0 Å². The van der Waals surface area contributed by atoms with Crippen molar-refractivity contribution >= 4 is 0 Å². The lowest BCUT2D eigenvalue weighted by Crippen LogP contribution is -2.09. The minimum atomic E-state index is 0.153. The largest absolute Gasteiger partial charge is 0.394 e. The first-order chi connectivity index (χ1) is 4.85. The maximum atomic E-state index is 8.44. The molecule has 1 N–H and O–H groups in total. The van der Waals surface area contributed by atoms with E-state index in [2.05, 4.69) is 4.74 Å². The van der Waals surface area contributed by atoms with Crippen LogP contribution in [0.4, 0.5) is 0 Å². The molecule has 0 saturated carbocycles. The molecule has 0 spiro atoms. The number of aliphatic hydroxyl groups is 1. The van der Waals surface area contributed by atoms with Gasteiger partial charge in [0.15, 0.2) is 0 Å². The minimum Gasteiger partial charge on any atom is -0.394 e. The van der Waals surface area contributed by atoms with Gasteiger partial charge in [-0.15, -0.1) is 0 Å². The third kappa shape index (κ3) is 4.73. The maximum absolute atomic E-state index is 8.44. The van der Waals surface area contributed by atoms with Gasteiger partial charge in [0.25, 0.3) is 0 Å². The predicted octanol–water partition coefficient (Wildman–Crippen LogP) is 0.420. The highest BCUT2D eigenvalue weighted by Crippen LogP contribution is 2.09. The van der Waals surface area contributed by atoms with E-state index in [-0.39, 0.29) is 12.7 Å². The van der Waals surface area contributed by atoms with Gasteiger partial charge in [0.2, 0.25) is 0 Å². The fourth-order valence-electron chi connectivity index (χ4n) is 0.788. The third-order valence-electron chi connectivity index (χ3n) is 1.23. The molecule has 0 aromatic carbocycles. The van der Waals surface area contributed by atoms with Crippen molar-refractivity contribution < 1.29 is 14.6 Å². The fraction of sp³-hybridized carbons (Fsp3) is 1.00. The van der Waals surface area contributed by atoms with E-state index in [0.717, 1.165) is 19.4 Å². The molecule has 1 heterocycles. The summed E-state index contributed by atoms with van der Waals surface area (Å²) in [6, 6.07) is 0. The second-order valence-electron chi connectivity index (χ2n) is 2.23. The summed E-state index contributed by atoms with van der Waals surface area (Å²) in [5.74, 6) is 0. The van der Waals surface area contributed by atoms with Crippen LogP contribution >= 0.6 is 0 Å². The lowest BCUT2D eigenvalue weighted by molar-refractivity contribution is 0.0591. The van der Waals surface area contributed by atoms with Crippen LogP contribution in [0.15, 0.2) is 0 Å². The van der Waals surface area contributed by atoms with E-state index in [9.17, 15) is 0 Å². The Kier molecular flexibility index (Phi) is 6.91. The van der Waals surface area contributed by atoms with Gasteiger partial charge < -0.3 is 14.6 Å². The van der Waals surface area contributed by atoms with Crippen molar-refractivity contribution in [3.63, 3.8) is 0 Å². The van der Waals surface area contributed by atoms with Crippen molar-refractivity contribution in [1.29, 1.82) is 0 Å². The van der Waals surface area contributed by atoms with Gasteiger partial charge in [-0.05, 0) is 12.8 Å². The van der Waals surface area contributed by atoms with Crippen LogP contribution in [0, 0.1) is 0 Å². The number of hydrogen-bond donors (Lipinski definition) is 1. The highest BCUT2D eigenvalue weighted by atomic mass is 16.5. The molecule has 1 fully saturated rings. The van der Waals surface area contributed by atoms with Crippen molar-refractivity contribution in [3.05, 3.63) is 0 Å². The van der Waals surface area contributed by atoms with Crippen LogP contribution in [-0.2, 0) is 9.47 Å². The van der Waals surface area contributed by atoms with Gasteiger partial charge in [-0.25, -0.2) is 0 Å². The van der Waals surface area contributed by atoms with Crippen LogP contribution in [-0.4, -0.2) is 38.6 Å². The maximum Gasteiger partial charge on any atom is 0.0806 e. The van der Waals surface area contributed by atoms with Crippen LogP contribution in [0.25, 0.3) is 0 Å². The average Bonchev–Trinajstić information content (AvgIpc) is 2.39. The van der Waals surface area contributed by atoms with Gasteiger partial charge >= 0.3 is 0 Å². The van der Waals surface area contributed by atoms with Gasteiger partial charge in [-0.1, -0.05) is 0 Å². The summed E-state index contributed by atoms with van der Waals surface area (Å²) >= 11 is 0. The summed E-state index contributed by atoms with van der Waals surface area (Å²) in [5.41, 5.74) is 0. The summed E-state index contributed by atoms with van der Waals surface area (Å²) in [6.45, 7) is 1.03. The Balaban J connectivity index is 0.000000236. The molecule has 1 saturated heterocycles. The quantitative estimate of drug-likeness (QED) is 0.585. The Morgan fingerprint density at radius 2 is 2.20 bits per heavy atom. The normalized spacial score (nSPS) is 23.7. The molecule has 3 heteroatoms. The molecular weight excluding hydrogens is 132 g/mol. The molecule has 0 aliphatic carbocycles. The smallest absolute Gasteiger partial charge is 0.0806 e. The molecule has 62 valence electrons. The summed E-state index contributed by atoms with van der Waals surface area (Å²) in [5, 5.41) is 8.44. The summed E-state index contributed by atoms with van der Waals surface area (Å²) in [6.07, 6.45) is 2.31. The molecule has 0 radical (unpaired) electrons. The Hall–Kier alpha value is -0.120. The van der Waals surface area contributed by atoms with Gasteiger partial charge in [-0.3, -0.25) is 0 Å². The zero-order chi connectivity index (χ0) is 7.82. The number of rotatable bonds is 1. The molecule has 1 rings (SSSR count). The molecule has 0 amide bonds. The third-order valence-corrected chi connectivity index (χ3v) is 1.23. The van der Waals surface area contributed by atoms with E-state index < -0.39 is 0 Å². The summed E-state index contributed by atoms with van der Waals surface area (Å²) < 4.78 is 9.30. The van der Waals surface area contributed by atoms with Gasteiger partial charge in [0.1, 0.15) is 0 Å². The summed E-state index contributed by atoms with van der Waals surface area (Å²) in [7, 11) is 3.25. The molecule has 0 aromatic heterocycles. The van der Waals surface area contributed by atoms with E-state index in [0.29, 0.717) is 0 Å². The van der Waals surface area contributed by atoms with Crippen LogP contribution in [0.3, 0.4) is 0 Å². The fourth-order valence-corrected chi connectivity index (χ4v) is 0.788. The molecule has 1 atom stereocenters. The van der Waals surface area contributed by atoms with Crippen LogP contribution in [0.2, 0.25) is 0 Å². The molecule has 1 aliphatic heterocycles. The Morgan fingerprint density at radius 3 is 2.40 bits per heavy atom. The van der Waals surface area contributed by atoms with Crippen LogP contribution < -0.4 is 0 Å². The molecule has 1 aliphatic rings. The lowest BCUT2D eigenvalue weighted by Gasteiger charge is -2.00. The monoisotopic (exact) mass is 148 g/mol. The van der Waals surface area contributed by atoms with Crippen molar-refractivity contribution in [2.75, 3.05) is 27.4 Å². The molecule has 1 unspecified atom stereocenters. The lowest BCUT2D eigenvalue weighted by atomic mass is 10.2. The van der Waals surface area contributed by atoms with Crippen LogP contribution in [0.1, 0.15) is 12.8 Å². The van der Waals surface area contributed by atoms with E-state index in [4.69, 9.17) is 9.84 Å². The Morgan fingerprint density at radius 1 is 1.60 bits per heavy atom. The van der Waals surface area contributed by atoms with Gasteiger partial charge in [-0.2, -0.15) is 0 Å². The van der Waals surface area contributed by atoms with Crippen molar-refractivity contribution in [1.82, 2.24) is 0 Å². The zero-order valence-electron chi connectivity index (χ0n) is 6.67. The second-order valence-corrected chi connectivity index (χ2v) is 2.23. The Bertz CT molecular complexity index is 59.9. The first-order valence-electron chi connectivity index (χ1n) is 3.47. The van der Waals surface area contributed by atoms with E-state index >= 15 is 0 Å². The predicted molar refractivity (Wildman–Crippen MR) is 39.0 cm³/mol. The molecule has 10 heavy (non-hydrogen) atoms. The molecule has 0 bridgehead atoms. The van der Waals surface area contributed by atoms with Gasteiger partial charge in [0.05, 0.1) is 12.7 Å². The number of hydrogen-bond acceptors (Lipinski definition) is 3. The average molecular weight is 148 g/mol. The molecular formula is C7H16O3. The van der Waals surface area contributed by atoms with Crippen LogP contribution in [0.5, 0.6) is 0 Å². The highest BCUT2D eigenvalue weighted by Gasteiger charge is 2.12. The first-order valence-corrected chi connectivity index (χ1v) is 3.47. The zero-order valence-corrected chi connectivity index (χ0v) is 6.67. The van der Waals surface area contributed by atoms with E-state index in [1.165, 1.54) is 0 Å². The number of ether oxygens (including phenoxy) is 2. The van der Waals surface area contributed by atoms with Crippen molar-refractivity contribution in [3.8, 4) is 0 Å². The summed E-state index contributed by atoms with van der Waals surface area (Å²) in [4.78, 5) is 0. The molecule has 0 aromatic rings. The second kappa shape index (κ2) is 6.99. The highest BCUT2D eigenvalue weighted by molar-refractivity contribution is 4.61. The van der Waals surface area contributed by atoms with Crippen molar-refractivity contribution in [2.24, 2.45) is 0 Å². The number of aliphatic hydroxyl groups excluding tert-OH is 1. The number of methoxy groups -OCH3 is 1. The topological polar surface area (TPSA) is 38.7 Å². The van der Waals surface area contributed by atoms with Gasteiger partial charge in [0, 0.05) is 20.8 Å². The van der Waals surface area contributed by atoms with E-state index in [1.54, 1.807) is 14.2 Å². The van der Waals surface area contributed by atoms with Crippen molar-refractivity contribution in [2.45, 2.75) is 18.9 Å². The standard InChI is InChI=1S/C5H10O2.C2H6O/c6-4-5-2-1-3-7-5;1-3-2/h5-6H,1-4H2;1-2H3. The molecule has 3 nitrogen and oxygen atoms in total. The Labute approximate surface area is 62.0 Å². The SMILES string of the molecule is COC.OCC1CCCO1. The minimum absolute atomic E-state index is 0.153.